The number of benzene rings is 2. The van der Waals surface area contributed by atoms with E-state index in [4.69, 9.17) is 14.2 Å². The average molecular weight is 460 g/mol. The van der Waals surface area contributed by atoms with E-state index in [0.717, 1.165) is 28.4 Å². The van der Waals surface area contributed by atoms with Gasteiger partial charge in [-0.1, -0.05) is 36.4 Å². The van der Waals surface area contributed by atoms with Crippen LogP contribution >= 0.6 is 0 Å². The number of anilines is 1. The number of nitrogens with zero attached hydrogens (tertiary/aromatic N) is 2. The highest BCUT2D eigenvalue weighted by atomic mass is 16.7. The molecular formula is C26H24N2O6. The Labute approximate surface area is 195 Å². The lowest BCUT2D eigenvalue weighted by Gasteiger charge is -2.44. The molecule has 8 heteroatoms. The van der Waals surface area contributed by atoms with E-state index in [1.807, 2.05) is 34.1 Å². The lowest BCUT2D eigenvalue weighted by Crippen LogP contribution is -2.54. The zero-order valence-electron chi connectivity index (χ0n) is 18.7. The van der Waals surface area contributed by atoms with Gasteiger partial charge < -0.3 is 24.0 Å². The van der Waals surface area contributed by atoms with Gasteiger partial charge in [0.05, 0.1) is 30.8 Å². The van der Waals surface area contributed by atoms with Gasteiger partial charge in [-0.3, -0.25) is 14.4 Å². The van der Waals surface area contributed by atoms with Gasteiger partial charge in [-0.05, 0) is 23.8 Å². The maximum atomic E-state index is 14.2. The van der Waals surface area contributed by atoms with Gasteiger partial charge in [-0.25, -0.2) is 0 Å². The average Bonchev–Trinajstić information content (AvgIpc) is 3.18. The molecule has 0 unspecified atom stereocenters. The Morgan fingerprint density at radius 3 is 2.79 bits per heavy atom. The Balaban J connectivity index is 1.36. The predicted molar refractivity (Wildman–Crippen MR) is 119 cm³/mol. The summed E-state index contributed by atoms with van der Waals surface area (Å²) in [5, 5.41) is 2.01. The Hall–Kier alpha value is -2.97. The van der Waals surface area contributed by atoms with Crippen LogP contribution in [0.2, 0.25) is 0 Å². The minimum atomic E-state index is -0.888. The molecular weight excluding hydrogens is 436 g/mol. The molecule has 174 valence electrons. The van der Waals surface area contributed by atoms with Crippen molar-refractivity contribution in [3.63, 3.8) is 0 Å². The third kappa shape index (κ3) is 2.03. The number of amides is 2. The molecule has 0 radical (unpaired) electrons. The molecule has 2 bridgehead atoms. The van der Waals surface area contributed by atoms with Gasteiger partial charge in [-0.2, -0.15) is 0 Å². The molecule has 34 heavy (non-hydrogen) atoms. The molecule has 0 N–H and O–H groups in total. The minimum Gasteiger partial charge on any atom is -0.469 e. The quantitative estimate of drug-likeness (QED) is 0.503. The van der Waals surface area contributed by atoms with E-state index in [1.165, 1.54) is 7.11 Å². The monoisotopic (exact) mass is 460 g/mol. The number of carbonyl (C=O) groups is 3. The standard InChI is InChI=1S/C26H24N2O6/c1-32-25(31)18-19-24(30)28-16(26(19)23-22(33-23)21(18)34-26)11-15(27-10-4-7-17(27)29)14-9-8-12-5-2-3-6-13(12)20(14)28/h2-3,5-6,8-9,15-16,18-19,21-23H,4,7,10-11H2,1H3/t15-,16-,18-,19-,21-,22-,23-,26+/m0/s1. The van der Waals surface area contributed by atoms with E-state index in [2.05, 4.69) is 12.1 Å². The van der Waals surface area contributed by atoms with Crippen LogP contribution in [-0.2, 0) is 28.6 Å². The van der Waals surface area contributed by atoms with Crippen LogP contribution in [-0.4, -0.2) is 66.3 Å². The maximum absolute atomic E-state index is 14.2. The molecule has 6 heterocycles. The number of likely N-dealkylation sites (tertiary alicyclic amines) is 1. The molecule has 6 aliphatic heterocycles. The highest BCUT2D eigenvalue weighted by Gasteiger charge is 2.86. The summed E-state index contributed by atoms with van der Waals surface area (Å²) in [6, 6.07) is 11.7. The number of esters is 1. The number of fused-ring (bicyclic) bond motifs is 8. The fraction of sp³-hybridized carbons (Fsp3) is 0.500. The molecule has 8 rings (SSSR count). The normalized spacial score (nSPS) is 40.9. The molecule has 0 aromatic heterocycles. The van der Waals surface area contributed by atoms with Gasteiger partial charge in [0.25, 0.3) is 0 Å². The van der Waals surface area contributed by atoms with Crippen molar-refractivity contribution in [3.8, 4) is 0 Å². The van der Waals surface area contributed by atoms with Crippen molar-refractivity contribution >= 4 is 34.2 Å². The number of rotatable bonds is 2. The van der Waals surface area contributed by atoms with E-state index in [1.54, 1.807) is 0 Å². The van der Waals surface area contributed by atoms with Crippen molar-refractivity contribution in [3.05, 3.63) is 42.0 Å². The van der Waals surface area contributed by atoms with Gasteiger partial charge in [0, 0.05) is 18.4 Å². The van der Waals surface area contributed by atoms with Gasteiger partial charge in [0.15, 0.2) is 0 Å². The number of methoxy groups -OCH3 is 1. The highest BCUT2D eigenvalue weighted by molar-refractivity contribution is 6.11. The van der Waals surface area contributed by atoms with E-state index < -0.39 is 29.5 Å². The van der Waals surface area contributed by atoms with Crippen LogP contribution in [0, 0.1) is 11.8 Å². The summed E-state index contributed by atoms with van der Waals surface area (Å²) in [6.45, 7) is 0.712. The van der Waals surface area contributed by atoms with E-state index in [9.17, 15) is 14.4 Å². The van der Waals surface area contributed by atoms with Crippen molar-refractivity contribution in [1.29, 1.82) is 0 Å². The number of carbonyl (C=O) groups excluding carboxylic acids is 3. The SMILES string of the molecule is COC(=O)[C@@H]1[C@@H]2O[C@]3([C@@H]1C(=O)N1c4c(ccc5ccccc45)[C@@H](N4CCCC4=O)C[C@H]13)[C@H]1O[C@@H]21. The first kappa shape index (κ1) is 19.3. The molecule has 2 amide bonds. The zero-order chi connectivity index (χ0) is 22.9. The van der Waals surface area contributed by atoms with E-state index in [0.29, 0.717) is 19.4 Å². The zero-order valence-corrected chi connectivity index (χ0v) is 18.7. The molecule has 2 aromatic carbocycles. The van der Waals surface area contributed by atoms with Crippen LogP contribution in [0.15, 0.2) is 36.4 Å². The number of hydrogen-bond donors (Lipinski definition) is 0. The van der Waals surface area contributed by atoms with Crippen molar-refractivity contribution in [2.45, 2.75) is 55.3 Å². The first-order valence-corrected chi connectivity index (χ1v) is 12.1. The van der Waals surface area contributed by atoms with Crippen LogP contribution < -0.4 is 4.90 Å². The molecule has 6 aliphatic rings. The third-order valence-corrected chi connectivity index (χ3v) is 9.11. The summed E-state index contributed by atoms with van der Waals surface area (Å²) in [5.74, 6) is -1.67. The summed E-state index contributed by atoms with van der Waals surface area (Å²) in [5.41, 5.74) is 0.953. The number of ether oxygens (including phenoxy) is 3. The van der Waals surface area contributed by atoms with Gasteiger partial charge in [0.2, 0.25) is 11.8 Å². The molecule has 2 aromatic rings. The second kappa shape index (κ2) is 6.17. The van der Waals surface area contributed by atoms with Crippen molar-refractivity contribution < 1.29 is 28.6 Å². The van der Waals surface area contributed by atoms with Crippen LogP contribution in [0.1, 0.15) is 30.9 Å². The third-order valence-electron chi connectivity index (χ3n) is 9.11. The first-order chi connectivity index (χ1) is 16.6. The van der Waals surface area contributed by atoms with E-state index in [-0.39, 0.29) is 36.1 Å². The number of hydrogen-bond acceptors (Lipinski definition) is 6. The molecule has 0 aliphatic carbocycles. The Bertz CT molecular complexity index is 1310. The summed E-state index contributed by atoms with van der Waals surface area (Å²) < 4.78 is 17.7. The molecule has 8 nitrogen and oxygen atoms in total. The van der Waals surface area contributed by atoms with Crippen LogP contribution in [0.25, 0.3) is 10.8 Å². The van der Waals surface area contributed by atoms with Crippen molar-refractivity contribution in [2.75, 3.05) is 18.6 Å². The molecule has 5 saturated heterocycles. The summed E-state index contributed by atoms with van der Waals surface area (Å²) in [4.78, 5) is 43.8. The largest absolute Gasteiger partial charge is 0.469 e. The van der Waals surface area contributed by atoms with Crippen LogP contribution in [0.4, 0.5) is 5.69 Å². The summed E-state index contributed by atoms with van der Waals surface area (Å²) in [6.07, 6.45) is 1.15. The summed E-state index contributed by atoms with van der Waals surface area (Å²) >= 11 is 0. The molecule has 8 atom stereocenters. The Kier molecular flexibility index (Phi) is 3.51. The topological polar surface area (TPSA) is 88.7 Å². The van der Waals surface area contributed by atoms with Crippen LogP contribution in [0.3, 0.4) is 0 Å². The van der Waals surface area contributed by atoms with Gasteiger partial charge in [-0.15, -0.1) is 0 Å². The smallest absolute Gasteiger partial charge is 0.312 e. The molecule has 5 fully saturated rings. The van der Waals surface area contributed by atoms with Crippen molar-refractivity contribution in [2.24, 2.45) is 11.8 Å². The molecule has 1 spiro atoms. The Morgan fingerprint density at radius 2 is 2.00 bits per heavy atom. The lowest BCUT2D eigenvalue weighted by molar-refractivity contribution is -0.150. The second-order valence-corrected chi connectivity index (χ2v) is 10.4. The predicted octanol–water partition coefficient (Wildman–Crippen LogP) is 1.95. The number of epoxide rings is 1. The minimum absolute atomic E-state index is 0.0966. The van der Waals surface area contributed by atoms with Crippen LogP contribution in [0.5, 0.6) is 0 Å². The van der Waals surface area contributed by atoms with Gasteiger partial charge >= 0.3 is 5.97 Å². The fourth-order valence-electron chi connectivity index (χ4n) is 7.84. The molecule has 0 saturated carbocycles. The fourth-order valence-corrected chi connectivity index (χ4v) is 7.84. The lowest BCUT2D eigenvalue weighted by atomic mass is 9.69. The highest BCUT2D eigenvalue weighted by Crippen LogP contribution is 2.68. The summed E-state index contributed by atoms with van der Waals surface area (Å²) in [7, 11) is 1.36. The van der Waals surface area contributed by atoms with Crippen molar-refractivity contribution in [1.82, 2.24) is 4.90 Å². The Morgan fingerprint density at radius 1 is 1.15 bits per heavy atom. The van der Waals surface area contributed by atoms with Gasteiger partial charge in [0.1, 0.15) is 29.8 Å². The van der Waals surface area contributed by atoms with E-state index >= 15 is 0 Å². The second-order valence-electron chi connectivity index (χ2n) is 10.4. The first-order valence-electron chi connectivity index (χ1n) is 12.1. The maximum Gasteiger partial charge on any atom is 0.312 e.